The van der Waals surface area contributed by atoms with Gasteiger partial charge in [-0.05, 0) is 35.7 Å². The van der Waals surface area contributed by atoms with Crippen LogP contribution in [0.15, 0.2) is 42.6 Å². The number of phenolic OH excluding ortho intramolecular Hbond substituents is 1. The lowest BCUT2D eigenvalue weighted by molar-refractivity contribution is -0.136. The molecular weight excluding hydrogens is 334 g/mol. The van der Waals surface area contributed by atoms with Gasteiger partial charge in [0.25, 0.3) is 0 Å². The van der Waals surface area contributed by atoms with Crippen LogP contribution in [-0.2, 0) is 6.18 Å². The van der Waals surface area contributed by atoms with Gasteiger partial charge in [0.15, 0.2) is 0 Å². The molecule has 0 saturated heterocycles. The zero-order valence-corrected chi connectivity index (χ0v) is 13.5. The van der Waals surface area contributed by atoms with E-state index >= 15 is 0 Å². The third-order valence-electron chi connectivity index (χ3n) is 4.03. The predicted octanol–water partition coefficient (Wildman–Crippen LogP) is 5.89. The monoisotopic (exact) mass is 349 g/mol. The second kappa shape index (κ2) is 6.02. The summed E-state index contributed by atoms with van der Waals surface area (Å²) in [6.45, 7) is 3.52. The highest BCUT2D eigenvalue weighted by atomic mass is 19.4. The summed E-state index contributed by atoms with van der Waals surface area (Å²) in [6.07, 6.45) is -3.25. The van der Waals surface area contributed by atoms with Crippen LogP contribution < -0.4 is 0 Å². The van der Waals surface area contributed by atoms with Gasteiger partial charge in [0.2, 0.25) is 0 Å². The first-order valence-electron chi connectivity index (χ1n) is 7.67. The molecule has 25 heavy (non-hydrogen) atoms. The fraction of sp³-hybridized carbons (Fsp3) is 0.211. The summed E-state index contributed by atoms with van der Waals surface area (Å²) >= 11 is 0. The van der Waals surface area contributed by atoms with Crippen LogP contribution in [0.1, 0.15) is 30.9 Å². The first-order valence-corrected chi connectivity index (χ1v) is 7.67. The summed E-state index contributed by atoms with van der Waals surface area (Å²) < 4.78 is 53.4. The van der Waals surface area contributed by atoms with Crippen molar-refractivity contribution < 1.29 is 22.7 Å². The highest BCUT2D eigenvalue weighted by Gasteiger charge is 2.33. The summed E-state index contributed by atoms with van der Waals surface area (Å²) in [5.41, 5.74) is 0.00220. The molecule has 1 aromatic heterocycles. The van der Waals surface area contributed by atoms with E-state index in [-0.39, 0.29) is 22.7 Å². The van der Waals surface area contributed by atoms with Crippen LogP contribution in [0, 0.1) is 5.82 Å². The first kappa shape index (κ1) is 17.2. The maximum atomic E-state index is 14.3. The zero-order valence-electron chi connectivity index (χ0n) is 13.5. The van der Waals surface area contributed by atoms with Crippen LogP contribution in [0.25, 0.3) is 22.0 Å². The molecule has 1 heterocycles. The lowest BCUT2D eigenvalue weighted by atomic mass is 9.96. The maximum Gasteiger partial charge on any atom is 0.418 e. The molecule has 0 amide bonds. The summed E-state index contributed by atoms with van der Waals surface area (Å²) in [4.78, 5) is 3.92. The van der Waals surface area contributed by atoms with Crippen LogP contribution in [0.5, 0.6) is 5.75 Å². The van der Waals surface area contributed by atoms with Crippen LogP contribution >= 0.6 is 0 Å². The minimum absolute atomic E-state index is 0.165. The van der Waals surface area contributed by atoms with Crippen molar-refractivity contribution in [2.45, 2.75) is 25.9 Å². The van der Waals surface area contributed by atoms with Gasteiger partial charge in [-0.15, -0.1) is 0 Å². The molecule has 0 spiro atoms. The van der Waals surface area contributed by atoms with Gasteiger partial charge in [-0.3, -0.25) is 4.98 Å². The van der Waals surface area contributed by atoms with Crippen LogP contribution in [-0.4, -0.2) is 10.1 Å². The first-order chi connectivity index (χ1) is 11.7. The number of hydrogen-bond acceptors (Lipinski definition) is 2. The Kier molecular flexibility index (Phi) is 4.14. The van der Waals surface area contributed by atoms with Crippen molar-refractivity contribution in [2.24, 2.45) is 0 Å². The lowest BCUT2D eigenvalue weighted by Gasteiger charge is -2.13. The summed E-state index contributed by atoms with van der Waals surface area (Å²) in [7, 11) is 0. The minimum Gasteiger partial charge on any atom is -0.508 e. The van der Waals surface area contributed by atoms with E-state index in [0.29, 0.717) is 16.5 Å². The van der Waals surface area contributed by atoms with E-state index in [4.69, 9.17) is 0 Å². The third kappa shape index (κ3) is 3.16. The van der Waals surface area contributed by atoms with Gasteiger partial charge in [0.1, 0.15) is 11.6 Å². The standard InChI is InChI=1S/C19H15F4NO/c1-10(2)17-15(20)7-12(8-16(17)25)13-6-11-4-3-5-14(19(21,22)23)18(11)24-9-13/h3-10,25H,1-2H3. The quantitative estimate of drug-likeness (QED) is 0.585. The smallest absolute Gasteiger partial charge is 0.418 e. The molecule has 6 heteroatoms. The number of nitrogens with zero attached hydrogens (tertiary/aromatic N) is 1. The number of pyridine rings is 1. The number of para-hydroxylation sites is 1. The number of alkyl halides is 3. The third-order valence-corrected chi connectivity index (χ3v) is 4.03. The van der Waals surface area contributed by atoms with Gasteiger partial charge in [-0.1, -0.05) is 26.0 Å². The van der Waals surface area contributed by atoms with E-state index in [1.165, 1.54) is 36.5 Å². The number of aromatic nitrogens is 1. The molecule has 0 atom stereocenters. The fourth-order valence-electron chi connectivity index (χ4n) is 2.89. The molecule has 0 saturated carbocycles. The second-order valence-electron chi connectivity index (χ2n) is 6.14. The molecule has 0 unspecified atom stereocenters. The Bertz CT molecular complexity index is 925. The molecule has 0 aliphatic carbocycles. The normalized spacial score (nSPS) is 12.1. The summed E-state index contributed by atoms with van der Waals surface area (Å²) in [5.74, 6) is -0.943. The molecule has 2 nitrogen and oxygen atoms in total. The number of phenols is 1. The van der Waals surface area contributed by atoms with Gasteiger partial charge < -0.3 is 5.11 Å². The van der Waals surface area contributed by atoms with Crippen LogP contribution in [0.4, 0.5) is 17.6 Å². The van der Waals surface area contributed by atoms with Crippen molar-refractivity contribution in [2.75, 3.05) is 0 Å². The van der Waals surface area contributed by atoms with Gasteiger partial charge in [-0.25, -0.2) is 4.39 Å². The Morgan fingerprint density at radius 3 is 2.36 bits per heavy atom. The van der Waals surface area contributed by atoms with Gasteiger partial charge in [0, 0.05) is 22.7 Å². The number of aromatic hydroxyl groups is 1. The molecule has 0 aliphatic heterocycles. The van der Waals surface area contributed by atoms with E-state index in [1.807, 2.05) is 0 Å². The van der Waals surface area contributed by atoms with E-state index in [0.717, 1.165) is 6.07 Å². The van der Waals surface area contributed by atoms with E-state index in [9.17, 15) is 22.7 Å². The average molecular weight is 349 g/mol. The summed E-state index contributed by atoms with van der Waals surface area (Å²) in [5, 5.41) is 10.4. The molecular formula is C19H15F4NO. The van der Waals surface area contributed by atoms with Crippen LogP contribution in [0.3, 0.4) is 0 Å². The van der Waals surface area contributed by atoms with E-state index in [1.54, 1.807) is 13.8 Å². The summed E-state index contributed by atoms with van der Waals surface area (Å²) in [6, 6.07) is 7.94. The van der Waals surface area contributed by atoms with Crippen LogP contribution in [0.2, 0.25) is 0 Å². The number of rotatable bonds is 2. The molecule has 0 fully saturated rings. The molecule has 2 aromatic carbocycles. The minimum atomic E-state index is -4.50. The molecule has 3 rings (SSSR count). The second-order valence-corrected chi connectivity index (χ2v) is 6.14. The number of fused-ring (bicyclic) bond motifs is 1. The van der Waals surface area contributed by atoms with Crippen molar-refractivity contribution >= 4 is 10.9 Å². The largest absolute Gasteiger partial charge is 0.508 e. The molecule has 130 valence electrons. The Balaban J connectivity index is 2.15. The van der Waals surface area contributed by atoms with Gasteiger partial charge >= 0.3 is 6.18 Å². The Labute approximate surface area is 141 Å². The molecule has 0 bridgehead atoms. The highest BCUT2D eigenvalue weighted by molar-refractivity contribution is 5.86. The van der Waals surface area contributed by atoms with E-state index < -0.39 is 17.6 Å². The molecule has 3 aromatic rings. The topological polar surface area (TPSA) is 33.1 Å². The Morgan fingerprint density at radius 2 is 1.76 bits per heavy atom. The van der Waals surface area contributed by atoms with E-state index in [2.05, 4.69) is 4.98 Å². The van der Waals surface area contributed by atoms with Gasteiger partial charge in [-0.2, -0.15) is 13.2 Å². The number of benzene rings is 2. The predicted molar refractivity (Wildman–Crippen MR) is 87.9 cm³/mol. The fourth-order valence-corrected chi connectivity index (χ4v) is 2.89. The maximum absolute atomic E-state index is 14.3. The van der Waals surface area contributed by atoms with Crippen molar-refractivity contribution in [1.82, 2.24) is 4.98 Å². The van der Waals surface area contributed by atoms with Crippen molar-refractivity contribution in [1.29, 1.82) is 0 Å². The number of hydrogen-bond donors (Lipinski definition) is 1. The Hall–Kier alpha value is -2.63. The lowest BCUT2D eigenvalue weighted by Crippen LogP contribution is -2.06. The highest BCUT2D eigenvalue weighted by Crippen LogP contribution is 2.37. The average Bonchev–Trinajstić information content (AvgIpc) is 2.51. The Morgan fingerprint density at radius 1 is 1.04 bits per heavy atom. The van der Waals surface area contributed by atoms with Crippen molar-refractivity contribution in [3.8, 4) is 16.9 Å². The SMILES string of the molecule is CC(C)c1c(O)cc(-c2cnc3c(C(F)(F)F)cccc3c2)cc1F. The zero-order chi connectivity index (χ0) is 18.4. The molecule has 0 aliphatic rings. The van der Waals surface area contributed by atoms with Crippen molar-refractivity contribution in [3.63, 3.8) is 0 Å². The molecule has 1 N–H and O–H groups in total. The molecule has 0 radical (unpaired) electrons. The van der Waals surface area contributed by atoms with Crippen molar-refractivity contribution in [3.05, 3.63) is 59.5 Å². The number of halogens is 4. The van der Waals surface area contributed by atoms with Gasteiger partial charge in [0.05, 0.1) is 11.1 Å².